The Hall–Kier alpha value is -2.00. The van der Waals surface area contributed by atoms with E-state index in [1.165, 1.54) is 0 Å². The van der Waals surface area contributed by atoms with Crippen LogP contribution in [0.3, 0.4) is 0 Å². The predicted molar refractivity (Wildman–Crippen MR) is 66.2 cm³/mol. The highest BCUT2D eigenvalue weighted by atomic mass is 19.4. The van der Waals surface area contributed by atoms with Crippen molar-refractivity contribution in [2.45, 2.75) is 25.4 Å². The maximum absolute atomic E-state index is 11.1. The number of carbonyl (C=O) groups excluding carboxylic acids is 1. The molecule has 0 spiro atoms. The van der Waals surface area contributed by atoms with Crippen LogP contribution in [0.5, 0.6) is 0 Å². The molecule has 0 saturated carbocycles. The van der Waals surface area contributed by atoms with Crippen molar-refractivity contribution in [1.29, 1.82) is 5.41 Å². The van der Waals surface area contributed by atoms with Crippen molar-refractivity contribution in [2.24, 2.45) is 5.73 Å². The van der Waals surface area contributed by atoms with E-state index in [2.05, 4.69) is 5.32 Å². The van der Waals surface area contributed by atoms with Gasteiger partial charge in [-0.1, -0.05) is 0 Å². The summed E-state index contributed by atoms with van der Waals surface area (Å²) in [7, 11) is 3.49. The van der Waals surface area contributed by atoms with Crippen LogP contribution in [0, 0.1) is 5.41 Å². The largest absolute Gasteiger partial charge is 0.490 e. The molecule has 5 N–H and O–H groups in total. The van der Waals surface area contributed by atoms with Crippen LogP contribution in [0.2, 0.25) is 0 Å². The average Bonchev–Trinajstić information content (AvgIpc) is 2.27. The molecule has 0 aliphatic carbocycles. The minimum atomic E-state index is -5.08. The van der Waals surface area contributed by atoms with Crippen molar-refractivity contribution in [3.8, 4) is 0 Å². The quantitative estimate of drug-likeness (QED) is 0.332. The van der Waals surface area contributed by atoms with E-state index in [1.54, 1.807) is 19.0 Å². The van der Waals surface area contributed by atoms with E-state index < -0.39 is 12.1 Å². The number of nitrogens with zero attached hydrogens (tertiary/aromatic N) is 1. The molecule has 0 aliphatic rings. The van der Waals surface area contributed by atoms with Gasteiger partial charge in [0.2, 0.25) is 5.91 Å². The van der Waals surface area contributed by atoms with Crippen molar-refractivity contribution < 1.29 is 27.9 Å². The van der Waals surface area contributed by atoms with Crippen LogP contribution < -0.4 is 11.1 Å². The van der Waals surface area contributed by atoms with Crippen LogP contribution in [-0.4, -0.2) is 54.7 Å². The highest BCUT2D eigenvalue weighted by Gasteiger charge is 2.38. The molecule has 7 nitrogen and oxygen atoms in total. The topological polar surface area (TPSA) is 120 Å². The molecule has 0 aliphatic heterocycles. The number of unbranched alkanes of at least 4 members (excludes halogenated alkanes) is 1. The van der Waals surface area contributed by atoms with Crippen molar-refractivity contribution in [3.05, 3.63) is 0 Å². The second-order valence-corrected chi connectivity index (χ2v) is 3.89. The number of carbonyl (C=O) groups is 2. The molecule has 0 rings (SSSR count). The third kappa shape index (κ3) is 14.1. The van der Waals surface area contributed by atoms with Gasteiger partial charge in [-0.3, -0.25) is 10.2 Å². The number of guanidine groups is 1. The van der Waals surface area contributed by atoms with Gasteiger partial charge in [-0.25, -0.2) is 4.79 Å². The molecule has 0 fully saturated rings. The number of carboxylic acid groups (broad SMARTS) is 1. The molecule has 1 amide bonds. The zero-order chi connectivity index (χ0) is 16.3. The summed E-state index contributed by atoms with van der Waals surface area (Å²) >= 11 is 0. The highest BCUT2D eigenvalue weighted by Crippen LogP contribution is 2.13. The van der Waals surface area contributed by atoms with Gasteiger partial charge in [-0.05, 0) is 12.8 Å². The number of nitrogens with two attached hydrogens (primary N) is 1. The molecule has 0 aromatic heterocycles. The number of hydrogen-bond acceptors (Lipinski definition) is 3. The summed E-state index contributed by atoms with van der Waals surface area (Å²) in [5.74, 6) is -2.63. The van der Waals surface area contributed by atoms with Crippen LogP contribution in [0.4, 0.5) is 13.2 Å². The van der Waals surface area contributed by atoms with Crippen LogP contribution in [0.1, 0.15) is 19.3 Å². The summed E-state index contributed by atoms with van der Waals surface area (Å²) in [5, 5.41) is 16.7. The van der Waals surface area contributed by atoms with Crippen molar-refractivity contribution >= 4 is 17.8 Å². The van der Waals surface area contributed by atoms with Crippen LogP contribution in [0.15, 0.2) is 0 Å². The fourth-order valence-electron chi connectivity index (χ4n) is 0.848. The maximum atomic E-state index is 11.1. The fraction of sp³-hybridized carbons (Fsp3) is 0.700. The number of nitrogens with one attached hydrogen (secondary N) is 2. The fourth-order valence-corrected chi connectivity index (χ4v) is 0.848. The molecular weight excluding hydrogens is 281 g/mol. The third-order valence-corrected chi connectivity index (χ3v) is 1.87. The lowest BCUT2D eigenvalue weighted by Gasteiger charge is -2.09. The van der Waals surface area contributed by atoms with E-state index in [0.717, 1.165) is 12.8 Å². The maximum Gasteiger partial charge on any atom is 0.490 e. The Morgan fingerprint density at radius 3 is 2.05 bits per heavy atom. The van der Waals surface area contributed by atoms with Gasteiger partial charge in [0.25, 0.3) is 0 Å². The van der Waals surface area contributed by atoms with E-state index in [0.29, 0.717) is 13.0 Å². The first kappa shape index (κ1) is 20.3. The number of amides is 1. The van der Waals surface area contributed by atoms with Gasteiger partial charge in [0.15, 0.2) is 5.96 Å². The summed E-state index contributed by atoms with van der Waals surface area (Å²) in [5.41, 5.74) is 5.08. The molecule has 118 valence electrons. The second kappa shape index (κ2) is 9.87. The smallest absolute Gasteiger partial charge is 0.475 e. The van der Waals surface area contributed by atoms with Gasteiger partial charge in [0.05, 0.1) is 0 Å². The van der Waals surface area contributed by atoms with Gasteiger partial charge in [-0.2, -0.15) is 13.2 Å². The van der Waals surface area contributed by atoms with E-state index in [1.807, 2.05) is 0 Å². The number of rotatable bonds is 5. The zero-order valence-corrected chi connectivity index (χ0v) is 11.3. The van der Waals surface area contributed by atoms with Crippen molar-refractivity contribution in [1.82, 2.24) is 10.2 Å². The van der Waals surface area contributed by atoms with E-state index in [-0.39, 0.29) is 11.9 Å². The SMILES string of the molecule is CN(C)C(=O)CCCCNC(=N)N.O=C(O)C(F)(F)F. The van der Waals surface area contributed by atoms with Gasteiger partial charge in [0, 0.05) is 27.1 Å². The van der Waals surface area contributed by atoms with Gasteiger partial charge >= 0.3 is 12.1 Å². The predicted octanol–water partition coefficient (Wildman–Crippen LogP) is 0.361. The third-order valence-electron chi connectivity index (χ3n) is 1.87. The van der Waals surface area contributed by atoms with E-state index in [4.69, 9.17) is 21.0 Å². The van der Waals surface area contributed by atoms with Gasteiger partial charge in [0.1, 0.15) is 0 Å². The first-order valence-corrected chi connectivity index (χ1v) is 5.56. The first-order valence-electron chi connectivity index (χ1n) is 5.56. The summed E-state index contributed by atoms with van der Waals surface area (Å²) in [6.45, 7) is 0.663. The molecule has 0 unspecified atom stereocenters. The highest BCUT2D eigenvalue weighted by molar-refractivity contribution is 5.75. The number of carboxylic acids is 1. The summed E-state index contributed by atoms with van der Waals surface area (Å²) < 4.78 is 31.7. The number of alkyl halides is 3. The van der Waals surface area contributed by atoms with Crippen LogP contribution in [-0.2, 0) is 9.59 Å². The monoisotopic (exact) mass is 300 g/mol. The Bertz CT molecular complexity index is 332. The van der Waals surface area contributed by atoms with Crippen molar-refractivity contribution in [2.75, 3.05) is 20.6 Å². The van der Waals surface area contributed by atoms with Gasteiger partial charge in [-0.15, -0.1) is 0 Å². The molecule has 10 heteroatoms. The lowest BCUT2D eigenvalue weighted by Crippen LogP contribution is -2.31. The minimum Gasteiger partial charge on any atom is -0.475 e. The van der Waals surface area contributed by atoms with Crippen LogP contribution in [0.25, 0.3) is 0 Å². The summed E-state index contributed by atoms with van der Waals surface area (Å²) in [4.78, 5) is 21.6. The van der Waals surface area contributed by atoms with Gasteiger partial charge < -0.3 is 21.1 Å². The molecule has 0 radical (unpaired) electrons. The average molecular weight is 300 g/mol. The second-order valence-electron chi connectivity index (χ2n) is 3.89. The summed E-state index contributed by atoms with van der Waals surface area (Å²) in [6.07, 6.45) is -2.83. The summed E-state index contributed by atoms with van der Waals surface area (Å²) in [6, 6.07) is 0. The van der Waals surface area contributed by atoms with Crippen molar-refractivity contribution in [3.63, 3.8) is 0 Å². The molecule has 0 aromatic carbocycles. The molecule has 0 saturated heterocycles. The normalized spacial score (nSPS) is 10.1. The Kier molecular flexibility index (Phi) is 10.0. The minimum absolute atomic E-state index is 0.0149. The Morgan fingerprint density at radius 1 is 1.30 bits per heavy atom. The number of hydrogen-bond donors (Lipinski definition) is 4. The standard InChI is InChI=1S/C8H18N4O.C2HF3O2/c1-12(2)7(13)5-3-4-6-11-8(9)10;3-2(4,5)1(6)7/h3-6H2,1-2H3,(H4,9,10,11);(H,6,7). The Labute approximate surface area is 114 Å². The number of halogens is 3. The Morgan fingerprint density at radius 2 is 1.75 bits per heavy atom. The van der Waals surface area contributed by atoms with E-state index in [9.17, 15) is 18.0 Å². The lowest BCUT2D eigenvalue weighted by atomic mass is 10.2. The number of aliphatic carboxylic acids is 1. The molecule has 0 bridgehead atoms. The lowest BCUT2D eigenvalue weighted by molar-refractivity contribution is -0.192. The Balaban J connectivity index is 0. The molecule has 0 heterocycles. The molecule has 0 aromatic rings. The van der Waals surface area contributed by atoms with Crippen LogP contribution >= 0.6 is 0 Å². The first-order chi connectivity index (χ1) is 8.98. The molecule has 0 atom stereocenters. The van der Waals surface area contributed by atoms with E-state index >= 15 is 0 Å². The molecule has 20 heavy (non-hydrogen) atoms. The zero-order valence-electron chi connectivity index (χ0n) is 11.3. The molecular formula is C10H19F3N4O3.